The van der Waals surface area contributed by atoms with Gasteiger partial charge in [0.15, 0.2) is 0 Å². The zero-order chi connectivity index (χ0) is 11.5. The van der Waals surface area contributed by atoms with Crippen molar-refractivity contribution < 1.29 is 9.90 Å². The van der Waals surface area contributed by atoms with Gasteiger partial charge in [-0.3, -0.25) is 4.79 Å². The summed E-state index contributed by atoms with van der Waals surface area (Å²) in [6.07, 6.45) is -0.0727. The van der Waals surface area contributed by atoms with Crippen LogP contribution in [-0.4, -0.2) is 22.4 Å². The van der Waals surface area contributed by atoms with E-state index >= 15 is 0 Å². The van der Waals surface area contributed by atoms with E-state index in [0.29, 0.717) is 6.42 Å². The Morgan fingerprint density at radius 2 is 2.06 bits per heavy atom. The average Bonchev–Trinajstić information content (AvgIpc) is 2.30. The van der Waals surface area contributed by atoms with E-state index in [-0.39, 0.29) is 11.7 Å². The minimum Gasteiger partial charge on any atom is -0.388 e. The summed E-state index contributed by atoms with van der Waals surface area (Å²) in [6, 6.07) is 7.50. The van der Waals surface area contributed by atoms with Crippen molar-refractivity contribution in [2.45, 2.75) is 12.5 Å². The molecule has 1 aliphatic heterocycles. The molecular formula is C12H13BrO2S. The van der Waals surface area contributed by atoms with Crippen LogP contribution in [-0.2, 0) is 4.79 Å². The Balaban J connectivity index is 2.14. The second-order valence-corrected chi connectivity index (χ2v) is 5.96. The van der Waals surface area contributed by atoms with Crippen molar-refractivity contribution in [1.82, 2.24) is 0 Å². The van der Waals surface area contributed by atoms with Gasteiger partial charge in [-0.15, -0.1) is 0 Å². The highest BCUT2D eigenvalue weighted by molar-refractivity contribution is 9.10. The number of carbonyl (C=O) groups excluding carboxylic acids is 1. The maximum absolute atomic E-state index is 11.7. The predicted octanol–water partition coefficient (Wildman–Crippen LogP) is 2.80. The molecule has 0 unspecified atom stereocenters. The van der Waals surface area contributed by atoms with E-state index in [9.17, 15) is 9.90 Å². The van der Waals surface area contributed by atoms with Gasteiger partial charge in [0.05, 0.1) is 12.0 Å². The van der Waals surface area contributed by atoms with Gasteiger partial charge < -0.3 is 5.11 Å². The van der Waals surface area contributed by atoms with Crippen LogP contribution in [0.2, 0.25) is 0 Å². The number of halogens is 1. The van der Waals surface area contributed by atoms with E-state index in [1.165, 1.54) is 0 Å². The van der Waals surface area contributed by atoms with Crippen LogP contribution in [0.4, 0.5) is 0 Å². The Bertz CT molecular complexity index is 377. The van der Waals surface area contributed by atoms with Gasteiger partial charge >= 0.3 is 0 Å². The van der Waals surface area contributed by atoms with Gasteiger partial charge in [-0.05, 0) is 17.7 Å². The van der Waals surface area contributed by atoms with Crippen molar-refractivity contribution in [3.05, 3.63) is 34.3 Å². The highest BCUT2D eigenvalue weighted by atomic mass is 79.9. The van der Waals surface area contributed by atoms with Crippen molar-refractivity contribution in [3.63, 3.8) is 0 Å². The van der Waals surface area contributed by atoms with Gasteiger partial charge in [0, 0.05) is 22.4 Å². The predicted molar refractivity (Wildman–Crippen MR) is 69.5 cm³/mol. The van der Waals surface area contributed by atoms with E-state index in [0.717, 1.165) is 21.5 Å². The summed E-state index contributed by atoms with van der Waals surface area (Å²) >= 11 is 5.09. The monoisotopic (exact) mass is 300 g/mol. The lowest BCUT2D eigenvalue weighted by Gasteiger charge is -2.25. The third-order valence-corrected chi connectivity index (χ3v) is 4.41. The summed E-state index contributed by atoms with van der Waals surface area (Å²) in [5.41, 5.74) is 0.823. The third-order valence-electron chi connectivity index (χ3n) is 2.80. The van der Waals surface area contributed by atoms with Gasteiger partial charge in [-0.25, -0.2) is 0 Å². The van der Waals surface area contributed by atoms with Crippen molar-refractivity contribution in [3.8, 4) is 0 Å². The zero-order valence-electron chi connectivity index (χ0n) is 8.73. The summed E-state index contributed by atoms with van der Waals surface area (Å²) in [5.74, 6) is 1.58. The molecule has 86 valence electrons. The molecule has 4 heteroatoms. The number of ketones is 1. The number of aliphatic hydroxyl groups excluding tert-OH is 1. The van der Waals surface area contributed by atoms with Gasteiger partial charge in [0.2, 0.25) is 0 Å². The summed E-state index contributed by atoms with van der Waals surface area (Å²) < 4.78 is 0.979. The van der Waals surface area contributed by atoms with Crippen LogP contribution in [0.3, 0.4) is 0 Å². The quantitative estimate of drug-likeness (QED) is 0.912. The molecule has 1 N–H and O–H groups in total. The van der Waals surface area contributed by atoms with Gasteiger partial charge in [0.25, 0.3) is 0 Å². The number of rotatable bonds is 2. The van der Waals surface area contributed by atoms with E-state index < -0.39 is 6.10 Å². The van der Waals surface area contributed by atoms with Crippen molar-refractivity contribution in [2.75, 3.05) is 11.5 Å². The molecule has 0 saturated carbocycles. The molecule has 0 radical (unpaired) electrons. The number of hydrogen-bond donors (Lipinski definition) is 1. The second-order valence-electron chi connectivity index (χ2n) is 3.89. The average molecular weight is 301 g/mol. The van der Waals surface area contributed by atoms with Crippen LogP contribution in [0.25, 0.3) is 0 Å². The fraction of sp³-hybridized carbons (Fsp3) is 0.417. The minimum absolute atomic E-state index is 0.189. The Morgan fingerprint density at radius 3 is 2.69 bits per heavy atom. The lowest BCUT2D eigenvalue weighted by atomic mass is 9.92. The SMILES string of the molecule is O=C1CCSC[C@H]1[C@@H](O)c1ccc(Br)cc1. The van der Waals surface area contributed by atoms with Gasteiger partial charge in [-0.2, -0.15) is 11.8 Å². The maximum atomic E-state index is 11.7. The second kappa shape index (κ2) is 5.34. The molecule has 1 aliphatic rings. The molecule has 1 aromatic carbocycles. The standard InChI is InChI=1S/C12H13BrO2S/c13-9-3-1-8(2-4-9)12(15)10-7-16-6-5-11(10)14/h1-4,10,12,15H,5-7H2/t10-,12+/m1/s1. The molecule has 0 bridgehead atoms. The van der Waals surface area contributed by atoms with E-state index in [2.05, 4.69) is 15.9 Å². The Morgan fingerprint density at radius 1 is 1.38 bits per heavy atom. The molecule has 1 heterocycles. The summed E-state index contributed by atoms with van der Waals surface area (Å²) in [7, 11) is 0. The Kier molecular flexibility index (Phi) is 4.05. The highest BCUT2D eigenvalue weighted by Crippen LogP contribution is 2.31. The first-order valence-corrected chi connectivity index (χ1v) is 7.17. The van der Waals surface area contributed by atoms with E-state index in [4.69, 9.17) is 0 Å². The molecule has 1 fully saturated rings. The fourth-order valence-corrected chi connectivity index (χ4v) is 3.22. The maximum Gasteiger partial charge on any atom is 0.140 e. The number of benzene rings is 1. The van der Waals surface area contributed by atoms with Crippen LogP contribution in [0.15, 0.2) is 28.7 Å². The Labute approximate surface area is 108 Å². The van der Waals surface area contributed by atoms with Crippen molar-refractivity contribution >= 4 is 33.5 Å². The topological polar surface area (TPSA) is 37.3 Å². The molecule has 0 amide bonds. The van der Waals surface area contributed by atoms with Crippen LogP contribution in [0, 0.1) is 5.92 Å². The highest BCUT2D eigenvalue weighted by Gasteiger charge is 2.30. The largest absolute Gasteiger partial charge is 0.388 e. The smallest absolute Gasteiger partial charge is 0.140 e. The van der Waals surface area contributed by atoms with Crippen molar-refractivity contribution in [1.29, 1.82) is 0 Å². The third kappa shape index (κ3) is 2.67. The molecule has 2 nitrogen and oxygen atoms in total. The first kappa shape index (κ1) is 12.1. The normalized spacial score (nSPS) is 23.1. The molecule has 2 atom stereocenters. The number of thioether (sulfide) groups is 1. The molecule has 2 rings (SSSR count). The number of Topliss-reactive ketones (excluding diaryl/α,β-unsaturated/α-hetero) is 1. The summed E-state index contributed by atoms with van der Waals surface area (Å²) in [5, 5.41) is 10.2. The van der Waals surface area contributed by atoms with Crippen LogP contribution >= 0.6 is 27.7 Å². The molecule has 0 spiro atoms. The lowest BCUT2D eigenvalue weighted by molar-refractivity contribution is -0.125. The fourth-order valence-electron chi connectivity index (χ4n) is 1.82. The van der Waals surface area contributed by atoms with Crippen molar-refractivity contribution in [2.24, 2.45) is 5.92 Å². The molecule has 1 saturated heterocycles. The Hall–Kier alpha value is -0.320. The van der Waals surface area contributed by atoms with Crippen LogP contribution in [0.1, 0.15) is 18.1 Å². The first-order valence-electron chi connectivity index (χ1n) is 5.22. The summed E-state index contributed by atoms with van der Waals surface area (Å²) in [6.45, 7) is 0. The van der Waals surface area contributed by atoms with Gasteiger partial charge in [0.1, 0.15) is 5.78 Å². The molecule has 0 aliphatic carbocycles. The lowest BCUT2D eigenvalue weighted by Crippen LogP contribution is -2.28. The zero-order valence-corrected chi connectivity index (χ0v) is 11.1. The van der Waals surface area contributed by atoms with E-state index in [1.54, 1.807) is 11.8 Å². The van der Waals surface area contributed by atoms with Gasteiger partial charge in [-0.1, -0.05) is 28.1 Å². The van der Waals surface area contributed by atoms with Crippen LogP contribution in [0.5, 0.6) is 0 Å². The van der Waals surface area contributed by atoms with E-state index in [1.807, 2.05) is 24.3 Å². The first-order chi connectivity index (χ1) is 7.68. The number of carbonyl (C=O) groups is 1. The molecular weight excluding hydrogens is 288 g/mol. The summed E-state index contributed by atoms with van der Waals surface area (Å²) in [4.78, 5) is 11.7. The molecule has 16 heavy (non-hydrogen) atoms. The number of aliphatic hydroxyl groups is 1. The molecule has 0 aromatic heterocycles. The number of hydrogen-bond acceptors (Lipinski definition) is 3. The van der Waals surface area contributed by atoms with Crippen LogP contribution < -0.4 is 0 Å². The minimum atomic E-state index is -0.659. The molecule has 1 aromatic rings.